The summed E-state index contributed by atoms with van der Waals surface area (Å²) in [6.45, 7) is 5.60. The minimum atomic E-state index is 0.261. The van der Waals surface area contributed by atoms with Gasteiger partial charge in [-0.2, -0.15) is 5.10 Å². The Morgan fingerprint density at radius 3 is 3.10 bits per heavy atom. The number of fused-ring (bicyclic) bond motifs is 1. The number of rotatable bonds is 6. The van der Waals surface area contributed by atoms with Crippen LogP contribution in [0.3, 0.4) is 0 Å². The SMILES string of the molecule is CCOc1ccc2nc(NC(C)Cn3cccn3)sc2c1. The molecule has 3 aromatic rings. The third kappa shape index (κ3) is 3.33. The van der Waals surface area contributed by atoms with E-state index in [0.717, 1.165) is 27.6 Å². The van der Waals surface area contributed by atoms with E-state index in [2.05, 4.69) is 22.3 Å². The Balaban J connectivity index is 1.71. The molecule has 0 aliphatic rings. The van der Waals surface area contributed by atoms with Gasteiger partial charge in [0, 0.05) is 18.4 Å². The number of nitrogens with one attached hydrogen (secondary N) is 1. The summed E-state index contributed by atoms with van der Waals surface area (Å²) in [6.07, 6.45) is 3.75. The number of nitrogens with zero attached hydrogens (tertiary/aromatic N) is 3. The number of benzene rings is 1. The van der Waals surface area contributed by atoms with Gasteiger partial charge in [-0.3, -0.25) is 4.68 Å². The van der Waals surface area contributed by atoms with Gasteiger partial charge in [-0.1, -0.05) is 11.3 Å². The van der Waals surface area contributed by atoms with Crippen LogP contribution in [0.25, 0.3) is 10.2 Å². The minimum Gasteiger partial charge on any atom is -0.494 e. The lowest BCUT2D eigenvalue weighted by atomic mass is 10.3. The van der Waals surface area contributed by atoms with Crippen LogP contribution in [0.2, 0.25) is 0 Å². The predicted molar refractivity (Wildman–Crippen MR) is 86.1 cm³/mol. The van der Waals surface area contributed by atoms with Crippen molar-refractivity contribution in [3.05, 3.63) is 36.7 Å². The van der Waals surface area contributed by atoms with Crippen LogP contribution < -0.4 is 10.1 Å². The molecule has 21 heavy (non-hydrogen) atoms. The molecule has 1 aromatic carbocycles. The summed E-state index contributed by atoms with van der Waals surface area (Å²) >= 11 is 1.65. The lowest BCUT2D eigenvalue weighted by Gasteiger charge is -2.12. The largest absolute Gasteiger partial charge is 0.494 e. The lowest BCUT2D eigenvalue weighted by molar-refractivity contribution is 0.341. The molecule has 1 N–H and O–H groups in total. The van der Waals surface area contributed by atoms with Crippen LogP contribution in [0, 0.1) is 0 Å². The minimum absolute atomic E-state index is 0.261. The van der Waals surface area contributed by atoms with E-state index in [-0.39, 0.29) is 6.04 Å². The van der Waals surface area contributed by atoms with Crippen molar-refractivity contribution in [3.63, 3.8) is 0 Å². The summed E-state index contributed by atoms with van der Waals surface area (Å²) in [6, 6.07) is 8.19. The summed E-state index contributed by atoms with van der Waals surface area (Å²) < 4.78 is 8.57. The fourth-order valence-corrected chi connectivity index (χ4v) is 3.17. The van der Waals surface area contributed by atoms with Crippen LogP contribution in [0.5, 0.6) is 5.75 Å². The summed E-state index contributed by atoms with van der Waals surface area (Å²) in [7, 11) is 0. The monoisotopic (exact) mass is 302 g/mol. The van der Waals surface area contributed by atoms with Crippen LogP contribution in [-0.2, 0) is 6.54 Å². The van der Waals surface area contributed by atoms with Crippen molar-refractivity contribution in [1.82, 2.24) is 14.8 Å². The number of ether oxygens (including phenoxy) is 1. The lowest BCUT2D eigenvalue weighted by Crippen LogP contribution is -2.22. The molecule has 0 amide bonds. The molecule has 0 fully saturated rings. The molecule has 0 radical (unpaired) electrons. The molecular weight excluding hydrogens is 284 g/mol. The zero-order chi connectivity index (χ0) is 14.7. The maximum absolute atomic E-state index is 5.52. The van der Waals surface area contributed by atoms with Gasteiger partial charge in [0.05, 0.1) is 23.4 Å². The predicted octanol–water partition coefficient (Wildman–Crippen LogP) is 3.39. The molecule has 1 atom stereocenters. The number of hydrogen-bond acceptors (Lipinski definition) is 5. The van der Waals surface area contributed by atoms with Crippen molar-refractivity contribution in [3.8, 4) is 5.75 Å². The molecule has 0 saturated carbocycles. The molecule has 0 spiro atoms. The molecule has 6 heteroatoms. The van der Waals surface area contributed by atoms with Crippen molar-refractivity contribution in [1.29, 1.82) is 0 Å². The Kier molecular flexibility index (Phi) is 4.06. The highest BCUT2D eigenvalue weighted by Gasteiger charge is 2.09. The highest BCUT2D eigenvalue weighted by atomic mass is 32.1. The van der Waals surface area contributed by atoms with Gasteiger partial charge < -0.3 is 10.1 Å². The van der Waals surface area contributed by atoms with Gasteiger partial charge in [0.15, 0.2) is 5.13 Å². The molecule has 1 unspecified atom stereocenters. The zero-order valence-corrected chi connectivity index (χ0v) is 12.9. The second-order valence-corrected chi connectivity index (χ2v) is 5.89. The number of thiazole rings is 1. The molecule has 0 aliphatic carbocycles. The number of aromatic nitrogens is 3. The van der Waals surface area contributed by atoms with Crippen molar-refractivity contribution in [2.75, 3.05) is 11.9 Å². The smallest absolute Gasteiger partial charge is 0.184 e. The summed E-state index contributed by atoms with van der Waals surface area (Å²) in [5.41, 5.74) is 0.997. The average Bonchev–Trinajstić information content (AvgIpc) is 3.07. The standard InChI is InChI=1S/C15H18N4OS/c1-3-20-12-5-6-13-14(9-12)21-15(18-13)17-11(2)10-19-8-4-7-16-19/h4-9,11H,3,10H2,1-2H3,(H,17,18). The first-order chi connectivity index (χ1) is 10.2. The third-order valence-corrected chi connectivity index (χ3v) is 4.01. The Bertz CT molecular complexity index is 708. The van der Waals surface area contributed by atoms with Gasteiger partial charge in [0.1, 0.15) is 5.75 Å². The van der Waals surface area contributed by atoms with Crippen LogP contribution in [0.15, 0.2) is 36.7 Å². The van der Waals surface area contributed by atoms with Crippen molar-refractivity contribution in [2.45, 2.75) is 26.4 Å². The molecule has 0 bridgehead atoms. The Morgan fingerprint density at radius 2 is 2.33 bits per heavy atom. The van der Waals surface area contributed by atoms with Gasteiger partial charge >= 0.3 is 0 Å². The second kappa shape index (κ2) is 6.13. The molecule has 5 nitrogen and oxygen atoms in total. The van der Waals surface area contributed by atoms with E-state index in [0.29, 0.717) is 6.61 Å². The van der Waals surface area contributed by atoms with Crippen LogP contribution in [0.4, 0.5) is 5.13 Å². The molecule has 0 saturated heterocycles. The fourth-order valence-electron chi connectivity index (χ4n) is 2.17. The van der Waals surface area contributed by atoms with Crippen molar-refractivity contribution in [2.24, 2.45) is 0 Å². The summed E-state index contributed by atoms with van der Waals surface area (Å²) in [5, 5.41) is 8.57. The molecule has 110 valence electrons. The van der Waals surface area contributed by atoms with Crippen molar-refractivity contribution >= 4 is 26.7 Å². The van der Waals surface area contributed by atoms with Crippen LogP contribution >= 0.6 is 11.3 Å². The summed E-state index contributed by atoms with van der Waals surface area (Å²) in [5.74, 6) is 0.893. The van der Waals surface area contributed by atoms with E-state index in [1.165, 1.54) is 0 Å². The first-order valence-electron chi connectivity index (χ1n) is 7.02. The summed E-state index contributed by atoms with van der Waals surface area (Å²) in [4.78, 5) is 4.61. The van der Waals surface area contributed by atoms with Gasteiger partial charge in [0.25, 0.3) is 0 Å². The third-order valence-electron chi connectivity index (χ3n) is 3.06. The first-order valence-corrected chi connectivity index (χ1v) is 7.83. The Labute approximate surface area is 127 Å². The normalized spacial score (nSPS) is 12.5. The van der Waals surface area contributed by atoms with Gasteiger partial charge in [0.2, 0.25) is 0 Å². The maximum Gasteiger partial charge on any atom is 0.184 e. The second-order valence-electron chi connectivity index (χ2n) is 4.86. The van der Waals surface area contributed by atoms with E-state index in [4.69, 9.17) is 4.74 Å². The average molecular weight is 302 g/mol. The van der Waals surface area contributed by atoms with E-state index in [9.17, 15) is 0 Å². The number of anilines is 1. The van der Waals surface area contributed by atoms with Gasteiger partial charge in [-0.25, -0.2) is 4.98 Å². The molecule has 2 aromatic heterocycles. The number of hydrogen-bond donors (Lipinski definition) is 1. The van der Waals surface area contributed by atoms with Crippen LogP contribution in [0.1, 0.15) is 13.8 Å². The Morgan fingerprint density at radius 1 is 1.43 bits per heavy atom. The maximum atomic E-state index is 5.52. The highest BCUT2D eigenvalue weighted by Crippen LogP contribution is 2.29. The highest BCUT2D eigenvalue weighted by molar-refractivity contribution is 7.22. The van der Waals surface area contributed by atoms with E-state index >= 15 is 0 Å². The van der Waals surface area contributed by atoms with Crippen LogP contribution in [-0.4, -0.2) is 27.4 Å². The quantitative estimate of drug-likeness (QED) is 0.758. The first kappa shape index (κ1) is 13.9. The van der Waals surface area contributed by atoms with E-state index in [1.807, 2.05) is 42.1 Å². The molecule has 2 heterocycles. The van der Waals surface area contributed by atoms with E-state index < -0.39 is 0 Å². The molecule has 3 rings (SSSR count). The molecular formula is C15H18N4OS. The Hall–Kier alpha value is -2.08. The topological polar surface area (TPSA) is 52.0 Å². The van der Waals surface area contributed by atoms with Gasteiger partial charge in [-0.05, 0) is 38.1 Å². The van der Waals surface area contributed by atoms with Crippen molar-refractivity contribution < 1.29 is 4.74 Å². The zero-order valence-electron chi connectivity index (χ0n) is 12.1. The fraction of sp³-hybridized carbons (Fsp3) is 0.333. The van der Waals surface area contributed by atoms with E-state index in [1.54, 1.807) is 17.5 Å². The van der Waals surface area contributed by atoms with Gasteiger partial charge in [-0.15, -0.1) is 0 Å². The molecule has 0 aliphatic heterocycles.